The van der Waals surface area contributed by atoms with Crippen LogP contribution in [0, 0.1) is 12.8 Å². The van der Waals surface area contributed by atoms with Crippen LogP contribution in [-0.4, -0.2) is 45.8 Å². The van der Waals surface area contributed by atoms with E-state index in [-0.39, 0.29) is 18.4 Å². The second kappa shape index (κ2) is 6.33. The molecule has 0 radical (unpaired) electrons. The highest BCUT2D eigenvalue weighted by Gasteiger charge is 2.27. The Bertz CT molecular complexity index is 901. The van der Waals surface area contributed by atoms with Gasteiger partial charge in [0.15, 0.2) is 5.76 Å². The van der Waals surface area contributed by atoms with Gasteiger partial charge in [0, 0.05) is 19.7 Å². The summed E-state index contributed by atoms with van der Waals surface area (Å²) in [5, 5.41) is 14.0. The SMILES string of the molecule is Cc1noc2nc(-c3ccco3)cc(C(=O)N3CCCC(CO)C3)c12. The maximum Gasteiger partial charge on any atom is 0.259 e. The van der Waals surface area contributed by atoms with Crippen LogP contribution in [0.5, 0.6) is 0 Å². The van der Waals surface area contributed by atoms with Crippen LogP contribution in [0.1, 0.15) is 28.9 Å². The van der Waals surface area contributed by atoms with Crippen LogP contribution >= 0.6 is 0 Å². The van der Waals surface area contributed by atoms with Crippen molar-refractivity contribution < 1.29 is 18.8 Å². The summed E-state index contributed by atoms with van der Waals surface area (Å²) >= 11 is 0. The Labute approximate surface area is 144 Å². The molecule has 4 rings (SSSR count). The van der Waals surface area contributed by atoms with E-state index in [4.69, 9.17) is 8.94 Å². The number of hydrogen-bond donors (Lipinski definition) is 1. The predicted molar refractivity (Wildman–Crippen MR) is 90.0 cm³/mol. The van der Waals surface area contributed by atoms with Crippen LogP contribution < -0.4 is 0 Å². The van der Waals surface area contributed by atoms with E-state index in [1.807, 2.05) is 0 Å². The number of furan rings is 1. The molecule has 1 aliphatic heterocycles. The van der Waals surface area contributed by atoms with E-state index >= 15 is 0 Å². The van der Waals surface area contributed by atoms with Crippen molar-refractivity contribution in [3.8, 4) is 11.5 Å². The summed E-state index contributed by atoms with van der Waals surface area (Å²) in [7, 11) is 0. The second-order valence-electron chi connectivity index (χ2n) is 6.42. The number of aryl methyl sites for hydroxylation is 1. The first-order valence-electron chi connectivity index (χ1n) is 8.38. The van der Waals surface area contributed by atoms with Crippen molar-refractivity contribution in [3.63, 3.8) is 0 Å². The molecule has 130 valence electrons. The van der Waals surface area contributed by atoms with E-state index < -0.39 is 0 Å². The van der Waals surface area contributed by atoms with Gasteiger partial charge in [-0.3, -0.25) is 4.79 Å². The Morgan fingerprint density at radius 2 is 2.36 bits per heavy atom. The lowest BCUT2D eigenvalue weighted by atomic mass is 9.97. The third-order valence-corrected chi connectivity index (χ3v) is 4.69. The lowest BCUT2D eigenvalue weighted by Gasteiger charge is -2.32. The van der Waals surface area contributed by atoms with Gasteiger partial charge in [0.05, 0.1) is 22.9 Å². The Balaban J connectivity index is 1.79. The first-order chi connectivity index (χ1) is 12.2. The van der Waals surface area contributed by atoms with Crippen molar-refractivity contribution in [2.45, 2.75) is 19.8 Å². The molecular weight excluding hydrogens is 322 g/mol. The summed E-state index contributed by atoms with van der Waals surface area (Å²) in [5.41, 5.74) is 2.00. The first-order valence-corrected chi connectivity index (χ1v) is 8.38. The fraction of sp³-hybridized carbons (Fsp3) is 0.389. The van der Waals surface area contributed by atoms with Crippen LogP contribution in [0.2, 0.25) is 0 Å². The molecule has 0 aliphatic carbocycles. The zero-order valence-electron chi connectivity index (χ0n) is 13.9. The van der Waals surface area contributed by atoms with E-state index in [1.54, 1.807) is 36.3 Å². The molecule has 0 spiro atoms. The summed E-state index contributed by atoms with van der Waals surface area (Å²) in [4.78, 5) is 19.4. The number of hydrogen-bond acceptors (Lipinski definition) is 6. The predicted octanol–water partition coefficient (Wildman–Crippen LogP) is 2.64. The largest absolute Gasteiger partial charge is 0.463 e. The minimum Gasteiger partial charge on any atom is -0.463 e. The van der Waals surface area contributed by atoms with Crippen molar-refractivity contribution in [2.75, 3.05) is 19.7 Å². The van der Waals surface area contributed by atoms with E-state index in [1.165, 1.54) is 0 Å². The Hall–Kier alpha value is -2.67. The molecule has 1 amide bonds. The zero-order chi connectivity index (χ0) is 17.4. The number of carbonyl (C=O) groups is 1. The van der Waals surface area contributed by atoms with Crippen LogP contribution in [-0.2, 0) is 0 Å². The summed E-state index contributed by atoms with van der Waals surface area (Å²) in [6.45, 7) is 3.13. The normalized spacial score (nSPS) is 18.0. The Kier molecular flexibility index (Phi) is 4.01. The molecule has 3 aromatic rings. The molecule has 4 heterocycles. The van der Waals surface area contributed by atoms with Gasteiger partial charge in [-0.05, 0) is 43.9 Å². The number of aromatic nitrogens is 2. The number of nitrogens with zero attached hydrogens (tertiary/aromatic N) is 3. The quantitative estimate of drug-likeness (QED) is 0.787. The van der Waals surface area contributed by atoms with Gasteiger partial charge in [0.25, 0.3) is 11.6 Å². The number of piperidine rings is 1. The number of likely N-dealkylation sites (tertiary alicyclic amines) is 1. The highest BCUT2D eigenvalue weighted by atomic mass is 16.5. The summed E-state index contributed by atoms with van der Waals surface area (Å²) in [6, 6.07) is 5.29. The monoisotopic (exact) mass is 341 g/mol. The number of carbonyl (C=O) groups excluding carboxylic acids is 1. The van der Waals surface area contributed by atoms with Gasteiger partial charge < -0.3 is 18.9 Å². The topological polar surface area (TPSA) is 92.6 Å². The number of aliphatic hydroxyl groups is 1. The van der Waals surface area contributed by atoms with Crippen molar-refractivity contribution in [2.24, 2.45) is 5.92 Å². The van der Waals surface area contributed by atoms with E-state index in [0.717, 1.165) is 12.8 Å². The molecule has 1 unspecified atom stereocenters. The maximum absolute atomic E-state index is 13.2. The molecule has 3 aromatic heterocycles. The van der Waals surface area contributed by atoms with Gasteiger partial charge in [0.1, 0.15) is 5.69 Å². The van der Waals surface area contributed by atoms with Gasteiger partial charge in [-0.15, -0.1) is 0 Å². The molecule has 7 nitrogen and oxygen atoms in total. The average molecular weight is 341 g/mol. The molecule has 1 N–H and O–H groups in total. The zero-order valence-corrected chi connectivity index (χ0v) is 13.9. The molecule has 1 saturated heterocycles. The summed E-state index contributed by atoms with van der Waals surface area (Å²) in [5.74, 6) is 0.602. The highest BCUT2D eigenvalue weighted by molar-refractivity contribution is 6.06. The van der Waals surface area contributed by atoms with Gasteiger partial charge >= 0.3 is 0 Å². The third kappa shape index (κ3) is 2.80. The molecule has 0 saturated carbocycles. The van der Waals surface area contributed by atoms with Gasteiger partial charge in [0.2, 0.25) is 0 Å². The van der Waals surface area contributed by atoms with Crippen molar-refractivity contribution in [1.29, 1.82) is 0 Å². The number of fused-ring (bicyclic) bond motifs is 1. The first kappa shape index (κ1) is 15.8. The van der Waals surface area contributed by atoms with Gasteiger partial charge in [-0.1, -0.05) is 5.16 Å². The van der Waals surface area contributed by atoms with Crippen molar-refractivity contribution in [3.05, 3.63) is 35.7 Å². The highest BCUT2D eigenvalue weighted by Crippen LogP contribution is 2.29. The molecule has 0 aromatic carbocycles. The van der Waals surface area contributed by atoms with Crippen LogP contribution in [0.15, 0.2) is 33.4 Å². The van der Waals surface area contributed by atoms with Crippen molar-refractivity contribution in [1.82, 2.24) is 15.0 Å². The molecule has 7 heteroatoms. The van der Waals surface area contributed by atoms with Crippen LogP contribution in [0.25, 0.3) is 22.6 Å². The number of aliphatic hydroxyl groups excluding tert-OH is 1. The number of amides is 1. The van der Waals surface area contributed by atoms with Gasteiger partial charge in [-0.25, -0.2) is 4.98 Å². The molecule has 1 aliphatic rings. The lowest BCUT2D eigenvalue weighted by molar-refractivity contribution is 0.0622. The average Bonchev–Trinajstić information content (AvgIpc) is 3.31. The third-order valence-electron chi connectivity index (χ3n) is 4.69. The van der Waals surface area contributed by atoms with E-state index in [9.17, 15) is 9.90 Å². The summed E-state index contributed by atoms with van der Waals surface area (Å²) < 4.78 is 10.7. The Morgan fingerprint density at radius 1 is 1.48 bits per heavy atom. The Morgan fingerprint density at radius 3 is 3.12 bits per heavy atom. The standard InChI is InChI=1S/C18H19N3O4/c1-11-16-13(18(23)21-6-2-4-12(9-21)10-22)8-14(15-5-3-7-24-15)19-17(16)25-20-11/h3,5,7-8,12,22H,2,4,6,9-10H2,1H3. The van der Waals surface area contributed by atoms with Crippen molar-refractivity contribution >= 4 is 17.0 Å². The maximum atomic E-state index is 13.2. The molecular formula is C18H19N3O4. The minimum atomic E-state index is -0.0929. The molecule has 0 bridgehead atoms. The molecule has 1 fully saturated rings. The fourth-order valence-electron chi connectivity index (χ4n) is 3.38. The molecule has 25 heavy (non-hydrogen) atoms. The molecule has 1 atom stereocenters. The number of pyridine rings is 1. The smallest absolute Gasteiger partial charge is 0.259 e. The van der Waals surface area contributed by atoms with Crippen LogP contribution in [0.4, 0.5) is 0 Å². The van der Waals surface area contributed by atoms with Gasteiger partial charge in [-0.2, -0.15) is 0 Å². The van der Waals surface area contributed by atoms with E-state index in [0.29, 0.717) is 46.9 Å². The summed E-state index contributed by atoms with van der Waals surface area (Å²) in [6.07, 6.45) is 3.39. The number of rotatable bonds is 3. The fourth-order valence-corrected chi connectivity index (χ4v) is 3.38. The lowest BCUT2D eigenvalue weighted by Crippen LogP contribution is -2.41. The minimum absolute atomic E-state index is 0.0929. The van der Waals surface area contributed by atoms with Crippen LogP contribution in [0.3, 0.4) is 0 Å². The second-order valence-corrected chi connectivity index (χ2v) is 6.42. The van der Waals surface area contributed by atoms with E-state index in [2.05, 4.69) is 10.1 Å².